The minimum absolute atomic E-state index is 0.565. The molecule has 1 heterocycles. The summed E-state index contributed by atoms with van der Waals surface area (Å²) < 4.78 is 0. The molecule has 1 aliphatic rings. The summed E-state index contributed by atoms with van der Waals surface area (Å²) in [6.07, 6.45) is 3.90. The van der Waals surface area contributed by atoms with Gasteiger partial charge in [0.15, 0.2) is 0 Å². The van der Waals surface area contributed by atoms with Gasteiger partial charge in [0, 0.05) is 17.6 Å². The summed E-state index contributed by atoms with van der Waals surface area (Å²) in [6, 6.07) is 8.93. The van der Waals surface area contributed by atoms with Crippen LogP contribution in [0.2, 0.25) is 5.02 Å². The van der Waals surface area contributed by atoms with Crippen LogP contribution in [-0.4, -0.2) is 18.0 Å². The Bertz CT molecular complexity index is 346. The van der Waals surface area contributed by atoms with E-state index in [1.165, 1.54) is 37.9 Å². The van der Waals surface area contributed by atoms with Crippen LogP contribution in [-0.2, 0) is 0 Å². The predicted octanol–water partition coefficient (Wildman–Crippen LogP) is 4.52. The Morgan fingerprint density at radius 1 is 1.35 bits per heavy atom. The van der Waals surface area contributed by atoms with Crippen molar-refractivity contribution in [1.82, 2.24) is 4.90 Å². The molecular formula is C15H22ClN. The topological polar surface area (TPSA) is 3.24 Å². The summed E-state index contributed by atoms with van der Waals surface area (Å²) in [5, 5.41) is 0.829. The molecule has 1 fully saturated rings. The second-order valence-corrected chi connectivity index (χ2v) is 5.65. The molecule has 17 heavy (non-hydrogen) atoms. The van der Waals surface area contributed by atoms with Gasteiger partial charge in [0.05, 0.1) is 0 Å². The monoisotopic (exact) mass is 251 g/mol. The third-order valence-corrected chi connectivity index (χ3v) is 4.02. The highest BCUT2D eigenvalue weighted by molar-refractivity contribution is 6.30. The standard InChI is InChI=1S/C15H22ClN/c1-3-15(13-6-8-14(16)9-7-13)17-10-4-5-12(2)11-17/h6-9,12,15H,3-5,10-11H2,1-2H3/t12-,15+/m0/s1. The molecule has 1 saturated heterocycles. The number of nitrogens with zero attached hydrogens (tertiary/aromatic N) is 1. The minimum Gasteiger partial charge on any atom is -0.296 e. The van der Waals surface area contributed by atoms with Crippen LogP contribution in [0.15, 0.2) is 24.3 Å². The average Bonchev–Trinajstić information content (AvgIpc) is 2.33. The van der Waals surface area contributed by atoms with Gasteiger partial charge in [-0.1, -0.05) is 37.6 Å². The molecule has 0 radical (unpaired) electrons. The lowest BCUT2D eigenvalue weighted by Gasteiger charge is -2.37. The van der Waals surface area contributed by atoms with Crippen LogP contribution in [0, 0.1) is 5.92 Å². The van der Waals surface area contributed by atoms with Gasteiger partial charge >= 0.3 is 0 Å². The van der Waals surface area contributed by atoms with Crippen molar-refractivity contribution >= 4 is 11.6 Å². The van der Waals surface area contributed by atoms with E-state index >= 15 is 0 Å². The fourth-order valence-corrected chi connectivity index (χ4v) is 3.02. The average molecular weight is 252 g/mol. The molecule has 0 saturated carbocycles. The maximum atomic E-state index is 5.95. The van der Waals surface area contributed by atoms with Crippen LogP contribution in [0.3, 0.4) is 0 Å². The number of benzene rings is 1. The molecule has 0 N–H and O–H groups in total. The summed E-state index contributed by atoms with van der Waals surface area (Å²) in [5.74, 6) is 0.838. The van der Waals surface area contributed by atoms with E-state index in [0.717, 1.165) is 10.9 Å². The quantitative estimate of drug-likeness (QED) is 0.763. The zero-order chi connectivity index (χ0) is 12.3. The van der Waals surface area contributed by atoms with Crippen molar-refractivity contribution in [2.75, 3.05) is 13.1 Å². The molecule has 0 aliphatic carbocycles. The van der Waals surface area contributed by atoms with Crippen LogP contribution in [0.5, 0.6) is 0 Å². The molecule has 2 atom stereocenters. The van der Waals surface area contributed by atoms with Gasteiger partial charge in [-0.05, 0) is 49.4 Å². The Morgan fingerprint density at radius 3 is 2.65 bits per heavy atom. The summed E-state index contributed by atoms with van der Waals surface area (Å²) >= 11 is 5.95. The molecule has 0 bridgehead atoms. The Labute approximate surface area is 110 Å². The summed E-state index contributed by atoms with van der Waals surface area (Å²) in [6.45, 7) is 7.12. The second-order valence-electron chi connectivity index (χ2n) is 5.22. The van der Waals surface area contributed by atoms with Crippen molar-refractivity contribution in [3.63, 3.8) is 0 Å². The van der Waals surface area contributed by atoms with Crippen molar-refractivity contribution in [1.29, 1.82) is 0 Å². The first-order valence-electron chi connectivity index (χ1n) is 6.70. The zero-order valence-corrected chi connectivity index (χ0v) is 11.6. The van der Waals surface area contributed by atoms with Crippen molar-refractivity contribution in [2.24, 2.45) is 5.92 Å². The van der Waals surface area contributed by atoms with E-state index in [4.69, 9.17) is 11.6 Å². The Kier molecular flexibility index (Phi) is 4.47. The molecule has 0 spiro atoms. The molecule has 0 aromatic heterocycles. The first-order valence-corrected chi connectivity index (χ1v) is 7.08. The van der Waals surface area contributed by atoms with Gasteiger partial charge in [-0.3, -0.25) is 4.90 Å². The zero-order valence-electron chi connectivity index (χ0n) is 10.8. The number of hydrogen-bond donors (Lipinski definition) is 0. The first-order chi connectivity index (χ1) is 8.20. The van der Waals surface area contributed by atoms with Crippen LogP contribution >= 0.6 is 11.6 Å². The number of rotatable bonds is 3. The van der Waals surface area contributed by atoms with Crippen LogP contribution in [0.4, 0.5) is 0 Å². The fraction of sp³-hybridized carbons (Fsp3) is 0.600. The van der Waals surface area contributed by atoms with Gasteiger partial charge in [0.1, 0.15) is 0 Å². The maximum absolute atomic E-state index is 5.95. The Hall–Kier alpha value is -0.530. The molecule has 94 valence electrons. The predicted molar refractivity (Wildman–Crippen MR) is 74.5 cm³/mol. The summed E-state index contributed by atoms with van der Waals surface area (Å²) in [7, 11) is 0. The van der Waals surface area contributed by atoms with E-state index in [0.29, 0.717) is 6.04 Å². The highest BCUT2D eigenvalue weighted by Crippen LogP contribution is 2.29. The lowest BCUT2D eigenvalue weighted by Crippen LogP contribution is -2.37. The number of hydrogen-bond acceptors (Lipinski definition) is 1. The summed E-state index contributed by atoms with van der Waals surface area (Å²) in [4.78, 5) is 2.64. The molecule has 1 aromatic rings. The Morgan fingerprint density at radius 2 is 2.06 bits per heavy atom. The van der Waals surface area contributed by atoms with Gasteiger partial charge in [0.2, 0.25) is 0 Å². The van der Waals surface area contributed by atoms with Crippen molar-refractivity contribution in [3.05, 3.63) is 34.9 Å². The number of likely N-dealkylation sites (tertiary alicyclic amines) is 1. The third kappa shape index (κ3) is 3.23. The van der Waals surface area contributed by atoms with Gasteiger partial charge in [-0.25, -0.2) is 0 Å². The van der Waals surface area contributed by atoms with Crippen molar-refractivity contribution in [3.8, 4) is 0 Å². The van der Waals surface area contributed by atoms with E-state index in [1.807, 2.05) is 12.1 Å². The lowest BCUT2D eigenvalue weighted by atomic mass is 9.95. The summed E-state index contributed by atoms with van der Waals surface area (Å²) in [5.41, 5.74) is 1.41. The largest absolute Gasteiger partial charge is 0.296 e. The normalized spacial score (nSPS) is 23.6. The smallest absolute Gasteiger partial charge is 0.0406 e. The van der Waals surface area contributed by atoms with E-state index < -0.39 is 0 Å². The Balaban J connectivity index is 2.12. The molecule has 1 nitrogen and oxygen atoms in total. The molecular weight excluding hydrogens is 230 g/mol. The minimum atomic E-state index is 0.565. The van der Waals surface area contributed by atoms with Crippen molar-refractivity contribution < 1.29 is 0 Å². The van der Waals surface area contributed by atoms with E-state index in [-0.39, 0.29) is 0 Å². The van der Waals surface area contributed by atoms with Crippen LogP contribution < -0.4 is 0 Å². The van der Waals surface area contributed by atoms with Gasteiger partial charge in [-0.2, -0.15) is 0 Å². The molecule has 0 amide bonds. The van der Waals surface area contributed by atoms with Crippen molar-refractivity contribution in [2.45, 2.75) is 39.2 Å². The second kappa shape index (κ2) is 5.88. The van der Waals surface area contributed by atoms with Crippen LogP contribution in [0.25, 0.3) is 0 Å². The molecule has 2 rings (SSSR count). The third-order valence-electron chi connectivity index (χ3n) is 3.77. The SMILES string of the molecule is CC[C@H](c1ccc(Cl)cc1)N1CCC[C@H](C)C1. The fourth-order valence-electron chi connectivity index (χ4n) is 2.90. The van der Waals surface area contributed by atoms with E-state index in [2.05, 4.69) is 30.9 Å². The highest BCUT2D eigenvalue weighted by Gasteiger charge is 2.23. The highest BCUT2D eigenvalue weighted by atomic mass is 35.5. The van der Waals surface area contributed by atoms with Gasteiger partial charge < -0.3 is 0 Å². The molecule has 2 heteroatoms. The van der Waals surface area contributed by atoms with E-state index in [9.17, 15) is 0 Å². The first kappa shape index (κ1) is 12.9. The molecule has 0 unspecified atom stereocenters. The number of halogens is 1. The maximum Gasteiger partial charge on any atom is 0.0406 e. The number of piperidine rings is 1. The van der Waals surface area contributed by atoms with E-state index in [1.54, 1.807) is 0 Å². The molecule has 1 aliphatic heterocycles. The van der Waals surface area contributed by atoms with Gasteiger partial charge in [-0.15, -0.1) is 0 Å². The molecule has 1 aromatic carbocycles. The van der Waals surface area contributed by atoms with Gasteiger partial charge in [0.25, 0.3) is 0 Å². The van der Waals surface area contributed by atoms with Crippen LogP contribution in [0.1, 0.15) is 44.7 Å². The lowest BCUT2D eigenvalue weighted by molar-refractivity contribution is 0.126.